The van der Waals surface area contributed by atoms with Gasteiger partial charge in [0.05, 0.1) is 18.5 Å². The summed E-state index contributed by atoms with van der Waals surface area (Å²) in [7, 11) is 0. The van der Waals surface area contributed by atoms with Crippen LogP contribution in [0.1, 0.15) is 22.9 Å². The fraction of sp³-hybridized carbons (Fsp3) is 0.316. The van der Waals surface area contributed by atoms with Crippen molar-refractivity contribution in [1.82, 2.24) is 9.13 Å². The van der Waals surface area contributed by atoms with Gasteiger partial charge in [0.25, 0.3) is 5.56 Å². The molecule has 3 rings (SSSR count). The second-order valence-electron chi connectivity index (χ2n) is 6.15. The van der Waals surface area contributed by atoms with Crippen molar-refractivity contribution in [2.24, 2.45) is 0 Å². The number of carbonyl (C=O) groups excluding carboxylic acids is 1. The lowest BCUT2D eigenvalue weighted by Gasteiger charge is -2.12. The molecule has 0 fully saturated rings. The Morgan fingerprint density at radius 3 is 2.44 bits per heavy atom. The molecule has 0 saturated heterocycles. The third-order valence-electron chi connectivity index (χ3n) is 4.38. The highest BCUT2D eigenvalue weighted by Gasteiger charge is 2.20. The third-order valence-corrected chi connectivity index (χ3v) is 5.86. The maximum Gasteiger partial charge on any atom is 0.332 e. The number of benzene rings is 1. The Morgan fingerprint density at radius 2 is 1.81 bits per heavy atom. The summed E-state index contributed by atoms with van der Waals surface area (Å²) in [6.45, 7) is 5.54. The molecule has 27 heavy (non-hydrogen) atoms. The van der Waals surface area contributed by atoms with Crippen LogP contribution in [-0.2, 0) is 22.6 Å². The van der Waals surface area contributed by atoms with Crippen LogP contribution in [0.25, 0.3) is 10.2 Å². The van der Waals surface area contributed by atoms with E-state index in [4.69, 9.17) is 16.3 Å². The van der Waals surface area contributed by atoms with E-state index in [0.29, 0.717) is 15.2 Å². The predicted molar refractivity (Wildman–Crippen MR) is 107 cm³/mol. The zero-order chi connectivity index (χ0) is 19.7. The van der Waals surface area contributed by atoms with Gasteiger partial charge in [-0.25, -0.2) is 4.79 Å². The van der Waals surface area contributed by atoms with Crippen molar-refractivity contribution in [3.63, 3.8) is 0 Å². The molecule has 0 aliphatic rings. The lowest BCUT2D eigenvalue weighted by Crippen LogP contribution is -2.41. The summed E-state index contributed by atoms with van der Waals surface area (Å²) in [5.74, 6) is -0.513. The van der Waals surface area contributed by atoms with Crippen molar-refractivity contribution < 1.29 is 9.53 Å². The van der Waals surface area contributed by atoms with E-state index in [-0.39, 0.29) is 25.3 Å². The molecule has 0 N–H and O–H groups in total. The first kappa shape index (κ1) is 19.4. The molecule has 3 aromatic rings. The van der Waals surface area contributed by atoms with Crippen LogP contribution in [-0.4, -0.2) is 21.7 Å². The number of hydrogen-bond acceptors (Lipinski definition) is 5. The smallest absolute Gasteiger partial charge is 0.332 e. The first-order valence-electron chi connectivity index (χ1n) is 8.46. The van der Waals surface area contributed by atoms with Crippen LogP contribution in [0.5, 0.6) is 0 Å². The lowest BCUT2D eigenvalue weighted by atomic mass is 10.2. The number of esters is 1. The van der Waals surface area contributed by atoms with Gasteiger partial charge in [-0.1, -0.05) is 23.7 Å². The highest BCUT2D eigenvalue weighted by atomic mass is 35.5. The molecule has 0 atom stereocenters. The van der Waals surface area contributed by atoms with Crippen LogP contribution in [0.4, 0.5) is 0 Å². The average Bonchev–Trinajstić information content (AvgIpc) is 2.92. The van der Waals surface area contributed by atoms with E-state index in [1.807, 2.05) is 13.8 Å². The third kappa shape index (κ3) is 3.70. The number of halogens is 1. The largest absolute Gasteiger partial charge is 0.465 e. The van der Waals surface area contributed by atoms with Crippen molar-refractivity contribution in [3.8, 4) is 0 Å². The van der Waals surface area contributed by atoms with Crippen LogP contribution in [0.2, 0.25) is 5.02 Å². The second kappa shape index (κ2) is 7.70. The molecule has 0 aliphatic carbocycles. The Balaban J connectivity index is 2.22. The predicted octanol–water partition coefficient (Wildman–Crippen LogP) is 3.11. The Hall–Kier alpha value is -2.38. The van der Waals surface area contributed by atoms with Crippen LogP contribution in [0.3, 0.4) is 0 Å². The van der Waals surface area contributed by atoms with E-state index in [1.165, 1.54) is 15.9 Å². The molecule has 0 amide bonds. The zero-order valence-corrected chi connectivity index (χ0v) is 16.8. The number of rotatable bonds is 5. The van der Waals surface area contributed by atoms with Gasteiger partial charge in [-0.2, -0.15) is 0 Å². The van der Waals surface area contributed by atoms with E-state index >= 15 is 0 Å². The average molecular weight is 407 g/mol. The fourth-order valence-electron chi connectivity index (χ4n) is 2.89. The number of thiophene rings is 1. The van der Waals surface area contributed by atoms with Crippen molar-refractivity contribution in [2.75, 3.05) is 6.61 Å². The fourth-order valence-corrected chi connectivity index (χ4v) is 4.16. The first-order chi connectivity index (χ1) is 12.8. The molecule has 8 heteroatoms. The summed E-state index contributed by atoms with van der Waals surface area (Å²) in [6, 6.07) is 6.94. The number of hydrogen-bond donors (Lipinski definition) is 0. The topological polar surface area (TPSA) is 70.3 Å². The standard InChI is InChI=1S/C19H19ClN2O4S/c1-4-26-15(23)10-22-18-16(11(2)12(3)27-18)17(24)21(19(22)25)9-13-5-7-14(20)8-6-13/h5-8H,4,9-10H2,1-3H3. The zero-order valence-electron chi connectivity index (χ0n) is 15.2. The van der Waals surface area contributed by atoms with Gasteiger partial charge in [0.1, 0.15) is 11.4 Å². The quantitative estimate of drug-likeness (QED) is 0.610. The number of fused-ring (bicyclic) bond motifs is 1. The molecular formula is C19H19ClN2O4S. The minimum absolute atomic E-state index is 0.0991. The number of nitrogens with zero attached hydrogens (tertiary/aromatic N) is 2. The number of carbonyl (C=O) groups is 1. The molecule has 0 spiro atoms. The molecule has 0 saturated carbocycles. The van der Waals surface area contributed by atoms with E-state index in [1.54, 1.807) is 31.2 Å². The van der Waals surface area contributed by atoms with E-state index in [2.05, 4.69) is 0 Å². The molecule has 0 bridgehead atoms. The van der Waals surface area contributed by atoms with Gasteiger partial charge in [0.2, 0.25) is 0 Å². The minimum atomic E-state index is -0.531. The monoisotopic (exact) mass is 406 g/mol. The van der Waals surface area contributed by atoms with Gasteiger partial charge >= 0.3 is 11.7 Å². The van der Waals surface area contributed by atoms with Crippen molar-refractivity contribution in [2.45, 2.75) is 33.9 Å². The summed E-state index contributed by atoms with van der Waals surface area (Å²) in [5.41, 5.74) is 0.705. The first-order valence-corrected chi connectivity index (χ1v) is 9.66. The van der Waals surface area contributed by atoms with Gasteiger partial charge in [-0.05, 0) is 44.0 Å². The maximum absolute atomic E-state index is 13.0. The second-order valence-corrected chi connectivity index (χ2v) is 7.79. The Morgan fingerprint density at radius 1 is 1.15 bits per heavy atom. The summed E-state index contributed by atoms with van der Waals surface area (Å²) >= 11 is 7.24. The highest BCUT2D eigenvalue weighted by molar-refractivity contribution is 7.18. The SMILES string of the molecule is CCOC(=O)Cn1c(=O)n(Cc2ccc(Cl)cc2)c(=O)c2c(C)c(C)sc21. The summed E-state index contributed by atoms with van der Waals surface area (Å²) < 4.78 is 7.48. The molecular weight excluding hydrogens is 388 g/mol. The van der Waals surface area contributed by atoms with Gasteiger partial charge in [0, 0.05) is 9.90 Å². The van der Waals surface area contributed by atoms with Crippen molar-refractivity contribution >= 4 is 39.1 Å². The molecule has 2 heterocycles. The number of aromatic nitrogens is 2. The van der Waals surface area contributed by atoms with E-state index in [0.717, 1.165) is 20.6 Å². The summed E-state index contributed by atoms with van der Waals surface area (Å²) in [5, 5.41) is 1.04. The highest BCUT2D eigenvalue weighted by Crippen LogP contribution is 2.26. The van der Waals surface area contributed by atoms with Crippen LogP contribution in [0.15, 0.2) is 33.9 Å². The maximum atomic E-state index is 13.0. The van der Waals surface area contributed by atoms with Gasteiger partial charge < -0.3 is 4.74 Å². The molecule has 6 nitrogen and oxygen atoms in total. The normalized spacial score (nSPS) is 11.1. The molecule has 2 aromatic heterocycles. The molecule has 142 valence electrons. The van der Waals surface area contributed by atoms with Gasteiger partial charge in [-0.15, -0.1) is 11.3 Å². The van der Waals surface area contributed by atoms with Crippen molar-refractivity contribution in [1.29, 1.82) is 0 Å². The van der Waals surface area contributed by atoms with E-state index < -0.39 is 11.7 Å². The Labute approximate surface area is 164 Å². The summed E-state index contributed by atoms with van der Waals surface area (Å²) in [6.07, 6.45) is 0. The minimum Gasteiger partial charge on any atom is -0.465 e. The molecule has 0 radical (unpaired) electrons. The lowest BCUT2D eigenvalue weighted by molar-refractivity contribution is -0.143. The summed E-state index contributed by atoms with van der Waals surface area (Å²) in [4.78, 5) is 39.5. The number of aryl methyl sites for hydroxylation is 2. The van der Waals surface area contributed by atoms with Crippen LogP contribution < -0.4 is 11.2 Å². The molecule has 1 aromatic carbocycles. The van der Waals surface area contributed by atoms with Crippen molar-refractivity contribution in [3.05, 3.63) is 66.1 Å². The molecule has 0 aliphatic heterocycles. The Bertz CT molecular complexity index is 1130. The van der Waals surface area contributed by atoms with Gasteiger partial charge in [0.15, 0.2) is 0 Å². The molecule has 0 unspecified atom stereocenters. The number of ether oxygens (including phenoxy) is 1. The van der Waals surface area contributed by atoms with Crippen LogP contribution >= 0.6 is 22.9 Å². The van der Waals surface area contributed by atoms with Crippen LogP contribution in [0, 0.1) is 13.8 Å². The van der Waals surface area contributed by atoms with E-state index in [9.17, 15) is 14.4 Å². The Kier molecular flexibility index (Phi) is 5.53. The van der Waals surface area contributed by atoms with Gasteiger partial charge in [-0.3, -0.25) is 18.7 Å².